The number of aliphatic imine (C=N–C) groups is 1. The molecule has 2 rings (SSSR count). The number of carboxylic acid groups (broad SMARTS) is 1. The molecule has 0 aliphatic heterocycles. The van der Waals surface area contributed by atoms with Gasteiger partial charge >= 0.3 is 0 Å². The summed E-state index contributed by atoms with van der Waals surface area (Å²) in [5.74, 6) is 0. The van der Waals surface area contributed by atoms with Crippen LogP contribution in [0.2, 0.25) is 0 Å². The molecule has 0 bridgehead atoms. The zero-order valence-corrected chi connectivity index (χ0v) is 29.0. The second kappa shape index (κ2) is 35.0. The van der Waals surface area contributed by atoms with Crippen molar-refractivity contribution >= 4 is 13.2 Å². The minimum Gasteiger partial charge on any atom is -0.483 e. The summed E-state index contributed by atoms with van der Waals surface area (Å²) in [6.07, 6.45) is 11.4. The lowest BCUT2D eigenvalue weighted by Crippen LogP contribution is -2.28. The molecule has 0 aromatic heterocycles. The normalized spacial score (nSPS) is 10.4. The summed E-state index contributed by atoms with van der Waals surface area (Å²) in [5, 5.41) is 13.2. The summed E-state index contributed by atoms with van der Waals surface area (Å²) in [6, 6.07) is 19.0. The van der Waals surface area contributed by atoms with Crippen molar-refractivity contribution in [1.29, 1.82) is 0 Å². The molecular formula is C37H64N4O2. The third-order valence-electron chi connectivity index (χ3n) is 5.95. The summed E-state index contributed by atoms with van der Waals surface area (Å²) < 4.78 is 0. The number of aryl methyl sites for hydroxylation is 1. The molecule has 2 aromatic rings. The number of carbonyl (C=O) groups is 1. The number of likely N-dealkylation sites (N-methyl/N-ethyl adjacent to an activating group) is 1. The second-order valence-corrected chi connectivity index (χ2v) is 9.42. The van der Waals surface area contributed by atoms with E-state index in [1.54, 1.807) is 0 Å². The number of unbranched alkanes of at least 4 members (excludes halogenated alkanes) is 1. The minimum atomic E-state index is -0.250. The highest BCUT2D eigenvalue weighted by molar-refractivity contribution is 5.63. The minimum absolute atomic E-state index is 0.250. The quantitative estimate of drug-likeness (QED) is 0.0828. The van der Waals surface area contributed by atoms with Crippen LogP contribution in [0.3, 0.4) is 0 Å². The van der Waals surface area contributed by atoms with Gasteiger partial charge in [-0.25, -0.2) is 0 Å². The number of allylic oxidation sites excluding steroid dienone is 2. The number of nitrogens with zero attached hydrogens (tertiary/aromatic N) is 2. The van der Waals surface area contributed by atoms with Gasteiger partial charge in [-0.1, -0.05) is 120 Å². The Labute approximate surface area is 265 Å². The molecule has 0 saturated heterocycles. The molecule has 0 atom stereocenters. The Morgan fingerprint density at radius 3 is 1.81 bits per heavy atom. The van der Waals surface area contributed by atoms with Crippen molar-refractivity contribution in [3.05, 3.63) is 83.7 Å². The molecule has 0 amide bonds. The van der Waals surface area contributed by atoms with E-state index in [1.807, 2.05) is 34.0 Å². The molecule has 0 unspecified atom stereocenters. The van der Waals surface area contributed by atoms with Crippen LogP contribution in [-0.2, 0) is 4.79 Å². The van der Waals surface area contributed by atoms with Gasteiger partial charge in [-0.15, -0.1) is 0 Å². The topological polar surface area (TPSA) is 77.0 Å². The van der Waals surface area contributed by atoms with Gasteiger partial charge < -0.3 is 20.6 Å². The Morgan fingerprint density at radius 1 is 0.837 bits per heavy atom. The number of benzene rings is 2. The third-order valence-corrected chi connectivity index (χ3v) is 5.95. The molecule has 0 spiro atoms. The maximum Gasteiger partial charge on any atom is 0.290 e. The first-order chi connectivity index (χ1) is 20.9. The Balaban J connectivity index is -0.000000518. The molecule has 0 heterocycles. The van der Waals surface area contributed by atoms with Crippen molar-refractivity contribution in [2.45, 2.75) is 87.0 Å². The van der Waals surface area contributed by atoms with E-state index in [4.69, 9.17) is 9.90 Å². The first-order valence-corrected chi connectivity index (χ1v) is 16.0. The second-order valence-electron chi connectivity index (χ2n) is 9.42. The fraction of sp³-hybridized carbons (Fsp3) is 0.514. The Hall–Kier alpha value is -3.22. The van der Waals surface area contributed by atoms with E-state index in [2.05, 4.69) is 123 Å². The molecule has 0 fully saturated rings. The van der Waals surface area contributed by atoms with Gasteiger partial charge in [-0.05, 0) is 90.1 Å². The molecule has 43 heavy (non-hydrogen) atoms. The first-order valence-electron chi connectivity index (χ1n) is 16.0. The molecule has 244 valence electrons. The van der Waals surface area contributed by atoms with Gasteiger partial charge in [0.15, 0.2) is 0 Å². The van der Waals surface area contributed by atoms with Gasteiger partial charge in [-0.3, -0.25) is 9.79 Å². The van der Waals surface area contributed by atoms with Gasteiger partial charge in [0, 0.05) is 7.05 Å². The zero-order chi connectivity index (χ0) is 33.1. The highest BCUT2D eigenvalue weighted by Crippen LogP contribution is 2.18. The van der Waals surface area contributed by atoms with E-state index in [9.17, 15) is 0 Å². The van der Waals surface area contributed by atoms with E-state index in [1.165, 1.54) is 62.0 Å². The summed E-state index contributed by atoms with van der Waals surface area (Å²) in [7, 11) is 3.92. The van der Waals surface area contributed by atoms with Gasteiger partial charge in [-0.2, -0.15) is 0 Å². The fourth-order valence-corrected chi connectivity index (χ4v) is 3.88. The zero-order valence-electron chi connectivity index (χ0n) is 29.0. The van der Waals surface area contributed by atoms with Gasteiger partial charge in [0.05, 0.1) is 11.4 Å². The average Bonchev–Trinajstić information content (AvgIpc) is 3.04. The van der Waals surface area contributed by atoms with Crippen molar-refractivity contribution in [3.63, 3.8) is 0 Å². The number of hydrogen-bond donors (Lipinski definition) is 3. The molecule has 6 heteroatoms. The van der Waals surface area contributed by atoms with Crippen LogP contribution in [0.4, 0.5) is 0 Å². The van der Waals surface area contributed by atoms with Crippen LogP contribution >= 0.6 is 0 Å². The van der Waals surface area contributed by atoms with Crippen molar-refractivity contribution in [3.8, 4) is 11.1 Å². The molecule has 0 radical (unpaired) electrons. The number of nitrogens with one attached hydrogen (secondary N) is 2. The maximum atomic E-state index is 8.36. The van der Waals surface area contributed by atoms with Crippen LogP contribution in [0.5, 0.6) is 0 Å². The smallest absolute Gasteiger partial charge is 0.290 e. The van der Waals surface area contributed by atoms with Crippen LogP contribution in [-0.4, -0.2) is 63.5 Å². The van der Waals surface area contributed by atoms with Crippen molar-refractivity contribution in [2.75, 3.05) is 40.3 Å². The fourth-order valence-electron chi connectivity index (χ4n) is 3.88. The maximum absolute atomic E-state index is 8.36. The highest BCUT2D eigenvalue weighted by Gasteiger charge is 2.01. The van der Waals surface area contributed by atoms with E-state index in [0.717, 1.165) is 30.8 Å². The van der Waals surface area contributed by atoms with Gasteiger partial charge in [0.25, 0.3) is 6.47 Å². The largest absolute Gasteiger partial charge is 0.483 e. The van der Waals surface area contributed by atoms with Gasteiger partial charge in [0.1, 0.15) is 0 Å². The summed E-state index contributed by atoms with van der Waals surface area (Å²) in [5.41, 5.74) is 5.88. The van der Waals surface area contributed by atoms with E-state index in [0.29, 0.717) is 0 Å². The molecule has 0 aliphatic carbocycles. The first kappa shape index (κ1) is 44.2. The monoisotopic (exact) mass is 597 g/mol. The van der Waals surface area contributed by atoms with Gasteiger partial charge in [0.2, 0.25) is 0 Å². The SMILES string of the molecule is C=NC(=C/CC)/C(=C\CC)NC.CC.CCCCN(CCC)CCCNC.Cc1ccc(-c2ccccc2)cc1.O=CO. The summed E-state index contributed by atoms with van der Waals surface area (Å²) in [4.78, 5) is 14.9. The van der Waals surface area contributed by atoms with Crippen LogP contribution in [0.1, 0.15) is 85.6 Å². The average molecular weight is 597 g/mol. The van der Waals surface area contributed by atoms with Crippen molar-refractivity contribution in [2.24, 2.45) is 4.99 Å². The third kappa shape index (κ3) is 26.2. The molecule has 2 aromatic carbocycles. The van der Waals surface area contributed by atoms with Crippen molar-refractivity contribution in [1.82, 2.24) is 15.5 Å². The lowest BCUT2D eigenvalue weighted by Gasteiger charge is -2.21. The predicted molar refractivity (Wildman–Crippen MR) is 192 cm³/mol. The molecule has 0 saturated carbocycles. The Kier molecular flexibility index (Phi) is 36.0. The highest BCUT2D eigenvalue weighted by atomic mass is 16.3. The standard InChI is InChI=1S/C13H12.C11H26N2.C10H18N2.C2H6.CH2O2/c1-11-7-9-13(10-8-11)12-5-3-2-4-6-12;1-4-6-10-13(9-5-2)11-7-8-12-3;1-5-7-9(11-3)10(12-4)8-6-2;1-2;2-1-3/h2-10H,1H3;12H,4-11H2,1-3H3;7-8,12H,3,5-6H2,1-2,4H3;1-2H3;1H,(H,2,3)/b;;9-7+,10-8+;;. The molecule has 3 N–H and O–H groups in total. The van der Waals surface area contributed by atoms with E-state index < -0.39 is 0 Å². The van der Waals surface area contributed by atoms with Crippen LogP contribution in [0.25, 0.3) is 11.1 Å². The molecule has 6 nitrogen and oxygen atoms in total. The van der Waals surface area contributed by atoms with Crippen LogP contribution in [0.15, 0.2) is 83.1 Å². The number of rotatable bonds is 15. The Morgan fingerprint density at radius 2 is 1.37 bits per heavy atom. The van der Waals surface area contributed by atoms with Crippen LogP contribution in [0, 0.1) is 6.92 Å². The lowest BCUT2D eigenvalue weighted by atomic mass is 10.0. The number of hydrogen-bond acceptors (Lipinski definition) is 5. The summed E-state index contributed by atoms with van der Waals surface area (Å²) >= 11 is 0. The van der Waals surface area contributed by atoms with E-state index >= 15 is 0 Å². The summed E-state index contributed by atoms with van der Waals surface area (Å²) in [6.45, 7) is 23.1. The van der Waals surface area contributed by atoms with E-state index in [-0.39, 0.29) is 6.47 Å². The van der Waals surface area contributed by atoms with Crippen LogP contribution < -0.4 is 10.6 Å². The Bertz CT molecular complexity index is 925. The predicted octanol–water partition coefficient (Wildman–Crippen LogP) is 8.99. The lowest BCUT2D eigenvalue weighted by molar-refractivity contribution is -0.122. The molecular weight excluding hydrogens is 532 g/mol. The van der Waals surface area contributed by atoms with Crippen molar-refractivity contribution < 1.29 is 9.90 Å². The molecule has 0 aliphatic rings.